The van der Waals surface area contributed by atoms with Gasteiger partial charge in [-0.2, -0.15) is 0 Å². The number of hydrogen-bond donors (Lipinski definition) is 4. The summed E-state index contributed by atoms with van der Waals surface area (Å²) in [5, 5.41) is 5.91. The van der Waals surface area contributed by atoms with Crippen LogP contribution in [-0.4, -0.2) is 54.3 Å². The van der Waals surface area contributed by atoms with E-state index < -0.39 is 18.1 Å². The number of ketones is 1. The van der Waals surface area contributed by atoms with Gasteiger partial charge >= 0.3 is 5.97 Å². The molecule has 0 bridgehead atoms. The quantitative estimate of drug-likeness (QED) is 0.101. The van der Waals surface area contributed by atoms with Gasteiger partial charge in [-0.15, -0.1) is 0 Å². The average molecular weight is 673 g/mol. The molecule has 0 saturated heterocycles. The first-order chi connectivity index (χ1) is 23.0. The first kappa shape index (κ1) is 38.8. The maximum Gasteiger partial charge on any atom is 0.328 e. The van der Waals surface area contributed by atoms with E-state index in [1.807, 2.05) is 0 Å². The Labute approximate surface area is 290 Å². The molecule has 0 aliphatic heterocycles. The Kier molecular flexibility index (Phi) is 14.4. The molecular weight excluding hydrogens is 604 g/mol. The fraction of sp³-hybridized carbons (Fsp3) is 0.897. The van der Waals surface area contributed by atoms with Crippen LogP contribution >= 0.6 is 0 Å². The molecule has 0 aromatic heterocycles. The number of carbonyl (C=O) groups is 4. The van der Waals surface area contributed by atoms with Crippen molar-refractivity contribution >= 4 is 23.6 Å². The van der Waals surface area contributed by atoms with Crippen LogP contribution in [0.25, 0.3) is 0 Å². The van der Waals surface area contributed by atoms with Crippen LogP contribution in [0, 0.1) is 34.5 Å². The van der Waals surface area contributed by atoms with Gasteiger partial charge in [0.25, 0.3) is 0 Å². The van der Waals surface area contributed by atoms with Crippen molar-refractivity contribution in [1.29, 1.82) is 0 Å². The zero-order chi connectivity index (χ0) is 34.9. The Balaban J connectivity index is 1.42. The fourth-order valence-corrected chi connectivity index (χ4v) is 10.3. The van der Waals surface area contributed by atoms with Gasteiger partial charge in [0.05, 0.1) is 6.04 Å². The fourth-order valence-electron chi connectivity index (χ4n) is 10.3. The summed E-state index contributed by atoms with van der Waals surface area (Å²) in [6.07, 6.45) is 17.4. The predicted molar refractivity (Wildman–Crippen MR) is 190 cm³/mol. The van der Waals surface area contributed by atoms with Crippen molar-refractivity contribution in [2.45, 2.75) is 180 Å². The first-order valence-electron chi connectivity index (χ1n) is 19.8. The molecule has 4 rings (SSSR count). The zero-order valence-corrected chi connectivity index (χ0v) is 30.7. The SMILES string of the molecule is CCCCCC(N)C(=O)NC(CCCCN)C(=O)NC(CCCCC)C(=O)OC1CCC2C3CCC4CC(=O)CCC4(C)C3CCC12C. The van der Waals surface area contributed by atoms with Gasteiger partial charge in [0, 0.05) is 18.3 Å². The lowest BCUT2D eigenvalue weighted by Gasteiger charge is -2.60. The summed E-state index contributed by atoms with van der Waals surface area (Å²) in [6.45, 7) is 9.54. The summed E-state index contributed by atoms with van der Waals surface area (Å²) in [6, 6.07) is -2.21. The summed E-state index contributed by atoms with van der Waals surface area (Å²) in [5.41, 5.74) is 12.1. The number of esters is 1. The number of amides is 2. The number of hydrogen-bond acceptors (Lipinski definition) is 7. The van der Waals surface area contributed by atoms with Gasteiger partial charge in [0.1, 0.15) is 24.0 Å². The molecule has 0 heterocycles. The highest BCUT2D eigenvalue weighted by Crippen LogP contribution is 2.66. The van der Waals surface area contributed by atoms with Crippen LogP contribution < -0.4 is 22.1 Å². The van der Waals surface area contributed by atoms with Crippen molar-refractivity contribution in [3.8, 4) is 0 Å². The van der Waals surface area contributed by atoms with Gasteiger partial charge in [-0.05, 0) is 113 Å². The molecule has 10 atom stereocenters. The van der Waals surface area contributed by atoms with Crippen LogP contribution in [0.4, 0.5) is 0 Å². The summed E-state index contributed by atoms with van der Waals surface area (Å²) < 4.78 is 6.43. The number of carbonyl (C=O) groups excluding carboxylic acids is 4. The van der Waals surface area contributed by atoms with Crippen molar-refractivity contribution in [2.24, 2.45) is 46.0 Å². The van der Waals surface area contributed by atoms with Gasteiger partial charge in [0.15, 0.2) is 0 Å². The van der Waals surface area contributed by atoms with E-state index >= 15 is 0 Å². The van der Waals surface area contributed by atoms with Crippen LogP contribution in [0.15, 0.2) is 0 Å². The van der Waals surface area contributed by atoms with E-state index in [2.05, 4.69) is 38.3 Å². The molecule has 2 amide bonds. The lowest BCUT2D eigenvalue weighted by atomic mass is 9.45. The van der Waals surface area contributed by atoms with Gasteiger partial charge in [-0.1, -0.05) is 66.2 Å². The Bertz CT molecular complexity index is 1100. The highest BCUT2D eigenvalue weighted by Gasteiger charge is 2.61. The van der Waals surface area contributed by atoms with Gasteiger partial charge in [-0.25, -0.2) is 4.79 Å². The Morgan fingerprint density at radius 2 is 1.44 bits per heavy atom. The number of Topliss-reactive ketones (excluding diaryl/α,β-unsaturated/α-hetero) is 1. The Morgan fingerprint density at radius 3 is 2.15 bits per heavy atom. The minimum atomic E-state index is -0.780. The molecule has 9 nitrogen and oxygen atoms in total. The van der Waals surface area contributed by atoms with Gasteiger partial charge in [-0.3, -0.25) is 14.4 Å². The molecule has 10 unspecified atom stereocenters. The number of ether oxygens (including phenoxy) is 1. The molecule has 48 heavy (non-hydrogen) atoms. The first-order valence-corrected chi connectivity index (χ1v) is 19.8. The van der Waals surface area contributed by atoms with E-state index in [1.165, 1.54) is 6.42 Å². The van der Waals surface area contributed by atoms with Crippen molar-refractivity contribution < 1.29 is 23.9 Å². The summed E-state index contributed by atoms with van der Waals surface area (Å²) in [7, 11) is 0. The second-order valence-electron chi connectivity index (χ2n) is 16.5. The predicted octanol–water partition coefficient (Wildman–Crippen LogP) is 6.10. The van der Waals surface area contributed by atoms with E-state index in [0.29, 0.717) is 61.7 Å². The Hall–Kier alpha value is -2.00. The van der Waals surface area contributed by atoms with Gasteiger partial charge < -0.3 is 26.8 Å². The summed E-state index contributed by atoms with van der Waals surface area (Å²) >= 11 is 0. The standard InChI is InChI=1S/C39H68N4O5/c1-5-7-9-13-31(41)35(45)42-32(14-11-12-24-40)36(46)43-33(15-10-8-6-2)37(47)48-34-19-18-29-28-17-16-26-25-27(44)20-22-38(26,3)30(28)21-23-39(29,34)4/h26,28-34H,5-25,40-41H2,1-4H3,(H,42,45)(H,43,46). The van der Waals surface area contributed by atoms with E-state index in [1.54, 1.807) is 0 Å². The zero-order valence-electron chi connectivity index (χ0n) is 30.7. The minimum absolute atomic E-state index is 0.0743. The molecule has 4 fully saturated rings. The molecule has 9 heteroatoms. The van der Waals surface area contributed by atoms with Crippen LogP contribution in [0.3, 0.4) is 0 Å². The number of nitrogens with two attached hydrogens (primary N) is 2. The highest BCUT2D eigenvalue weighted by atomic mass is 16.5. The van der Waals surface area contributed by atoms with Crippen molar-refractivity contribution in [3.05, 3.63) is 0 Å². The molecule has 4 saturated carbocycles. The summed E-state index contributed by atoms with van der Waals surface area (Å²) in [4.78, 5) is 53.0. The molecular formula is C39H68N4O5. The maximum absolute atomic E-state index is 14.0. The van der Waals surface area contributed by atoms with E-state index in [4.69, 9.17) is 16.2 Å². The smallest absolute Gasteiger partial charge is 0.328 e. The van der Waals surface area contributed by atoms with Crippen LogP contribution in [0.5, 0.6) is 0 Å². The molecule has 4 aliphatic carbocycles. The lowest BCUT2D eigenvalue weighted by Crippen LogP contribution is -2.56. The number of rotatable bonds is 18. The molecule has 0 aromatic carbocycles. The topological polar surface area (TPSA) is 154 Å². The monoisotopic (exact) mass is 673 g/mol. The molecule has 6 N–H and O–H groups in total. The normalized spacial score (nSPS) is 33.0. The van der Waals surface area contributed by atoms with E-state index in [0.717, 1.165) is 96.3 Å². The van der Waals surface area contributed by atoms with Crippen molar-refractivity contribution in [2.75, 3.05) is 6.54 Å². The third-order valence-electron chi connectivity index (χ3n) is 13.4. The Morgan fingerprint density at radius 1 is 0.792 bits per heavy atom. The van der Waals surface area contributed by atoms with Crippen molar-refractivity contribution in [3.63, 3.8) is 0 Å². The average Bonchev–Trinajstić information content (AvgIpc) is 3.39. The third-order valence-corrected chi connectivity index (χ3v) is 13.4. The molecule has 0 aromatic rings. The number of fused-ring (bicyclic) bond motifs is 5. The molecule has 0 spiro atoms. The van der Waals surface area contributed by atoms with E-state index in [9.17, 15) is 19.2 Å². The second kappa shape index (κ2) is 17.8. The number of unbranched alkanes of at least 4 members (excludes halogenated alkanes) is 5. The molecule has 0 radical (unpaired) electrons. The lowest BCUT2D eigenvalue weighted by molar-refractivity contribution is -0.167. The van der Waals surface area contributed by atoms with E-state index in [-0.39, 0.29) is 34.7 Å². The van der Waals surface area contributed by atoms with Gasteiger partial charge in [0.2, 0.25) is 11.8 Å². The van der Waals surface area contributed by atoms with Crippen molar-refractivity contribution in [1.82, 2.24) is 10.6 Å². The second-order valence-corrected chi connectivity index (χ2v) is 16.5. The molecule has 274 valence electrons. The highest BCUT2D eigenvalue weighted by molar-refractivity contribution is 5.92. The number of nitrogens with one attached hydrogen (secondary N) is 2. The van der Waals surface area contributed by atoms with Crippen LogP contribution in [-0.2, 0) is 23.9 Å². The largest absolute Gasteiger partial charge is 0.460 e. The summed E-state index contributed by atoms with van der Waals surface area (Å²) in [5.74, 6) is 1.71. The van der Waals surface area contributed by atoms with Crippen LogP contribution in [0.1, 0.15) is 156 Å². The third kappa shape index (κ3) is 9.01. The maximum atomic E-state index is 14.0. The minimum Gasteiger partial charge on any atom is -0.460 e. The molecule has 4 aliphatic rings. The van der Waals surface area contributed by atoms with Crippen LogP contribution in [0.2, 0.25) is 0 Å².